The lowest BCUT2D eigenvalue weighted by molar-refractivity contribution is -0.116. The number of benzene rings is 1. The molecule has 1 aliphatic rings. The molecule has 0 saturated carbocycles. The predicted octanol–water partition coefficient (Wildman–Crippen LogP) is 2.65. The first-order valence-corrected chi connectivity index (χ1v) is 7.69. The lowest BCUT2D eigenvalue weighted by atomic mass is 10.2. The van der Waals surface area contributed by atoms with E-state index in [0.717, 1.165) is 39.0 Å². The number of carbonyl (C=O) groups excluding carboxylic acids is 1. The van der Waals surface area contributed by atoms with Crippen molar-refractivity contribution in [2.75, 3.05) is 31.5 Å². The van der Waals surface area contributed by atoms with Gasteiger partial charge in [-0.25, -0.2) is 4.39 Å². The normalized spacial score (nSPS) is 17.3. The molecule has 1 unspecified atom stereocenters. The van der Waals surface area contributed by atoms with Crippen LogP contribution in [-0.4, -0.2) is 43.0 Å². The van der Waals surface area contributed by atoms with Gasteiger partial charge in [-0.3, -0.25) is 9.69 Å². The Morgan fingerprint density at radius 2 is 2.27 bits per heavy atom. The van der Waals surface area contributed by atoms with Crippen LogP contribution in [0.1, 0.15) is 26.2 Å². The van der Waals surface area contributed by atoms with Crippen molar-refractivity contribution in [3.05, 3.63) is 30.1 Å². The summed E-state index contributed by atoms with van der Waals surface area (Å²) in [6, 6.07) is 6.53. The molecule has 6 heteroatoms. The van der Waals surface area contributed by atoms with Gasteiger partial charge in [-0.2, -0.15) is 0 Å². The Hall–Kier alpha value is -1.17. The smallest absolute Gasteiger partial charge is 0.225 e. The number of nitrogens with zero attached hydrogens (tertiary/aromatic N) is 1. The van der Waals surface area contributed by atoms with Crippen LogP contribution >= 0.6 is 12.4 Å². The largest absolute Gasteiger partial charge is 0.326 e. The van der Waals surface area contributed by atoms with E-state index in [1.54, 1.807) is 12.1 Å². The molecule has 22 heavy (non-hydrogen) atoms. The molecule has 2 rings (SSSR count). The molecular weight excluding hydrogens is 305 g/mol. The SMILES string of the molecule is CCCN(CCC(=O)Nc1cccc(F)c1)C1CCNC1.Cl. The highest BCUT2D eigenvalue weighted by atomic mass is 35.5. The number of halogens is 2. The third-order valence-electron chi connectivity index (χ3n) is 3.80. The van der Waals surface area contributed by atoms with E-state index in [4.69, 9.17) is 0 Å². The second-order valence-electron chi connectivity index (χ2n) is 5.49. The van der Waals surface area contributed by atoms with Crippen molar-refractivity contribution in [2.45, 2.75) is 32.2 Å². The molecule has 1 heterocycles. The van der Waals surface area contributed by atoms with Crippen molar-refractivity contribution >= 4 is 24.0 Å². The predicted molar refractivity (Wildman–Crippen MR) is 90.0 cm³/mol. The molecule has 0 radical (unpaired) electrons. The van der Waals surface area contributed by atoms with Crippen molar-refractivity contribution in [1.29, 1.82) is 0 Å². The lowest BCUT2D eigenvalue weighted by Crippen LogP contribution is -2.39. The Balaban J connectivity index is 0.00000242. The van der Waals surface area contributed by atoms with Crippen LogP contribution in [0.2, 0.25) is 0 Å². The molecule has 1 aromatic carbocycles. The molecule has 124 valence electrons. The van der Waals surface area contributed by atoms with Gasteiger partial charge < -0.3 is 10.6 Å². The van der Waals surface area contributed by atoms with Crippen LogP contribution < -0.4 is 10.6 Å². The average Bonchev–Trinajstić information content (AvgIpc) is 2.97. The lowest BCUT2D eigenvalue weighted by Gasteiger charge is -2.27. The van der Waals surface area contributed by atoms with Crippen molar-refractivity contribution in [3.8, 4) is 0 Å². The number of amides is 1. The van der Waals surface area contributed by atoms with Gasteiger partial charge in [0.15, 0.2) is 0 Å². The van der Waals surface area contributed by atoms with Gasteiger partial charge in [0.25, 0.3) is 0 Å². The maximum absolute atomic E-state index is 13.1. The number of hydrogen-bond donors (Lipinski definition) is 2. The zero-order chi connectivity index (χ0) is 15.1. The van der Waals surface area contributed by atoms with Crippen molar-refractivity contribution in [1.82, 2.24) is 10.2 Å². The highest BCUT2D eigenvalue weighted by Gasteiger charge is 2.21. The first-order valence-electron chi connectivity index (χ1n) is 7.69. The highest BCUT2D eigenvalue weighted by Crippen LogP contribution is 2.12. The summed E-state index contributed by atoms with van der Waals surface area (Å²) in [5.74, 6) is -0.398. The van der Waals surface area contributed by atoms with Crippen molar-refractivity contribution < 1.29 is 9.18 Å². The number of hydrogen-bond acceptors (Lipinski definition) is 3. The van der Waals surface area contributed by atoms with Gasteiger partial charge in [0.05, 0.1) is 0 Å². The van der Waals surface area contributed by atoms with Gasteiger partial charge in [-0.05, 0) is 44.1 Å². The van der Waals surface area contributed by atoms with E-state index in [9.17, 15) is 9.18 Å². The number of anilines is 1. The van der Waals surface area contributed by atoms with Crippen LogP contribution in [0, 0.1) is 5.82 Å². The van der Waals surface area contributed by atoms with E-state index in [1.165, 1.54) is 12.1 Å². The third kappa shape index (κ3) is 5.91. The number of rotatable bonds is 7. The molecule has 0 bridgehead atoms. The van der Waals surface area contributed by atoms with E-state index >= 15 is 0 Å². The van der Waals surface area contributed by atoms with Gasteiger partial charge in [0.1, 0.15) is 5.82 Å². The van der Waals surface area contributed by atoms with Crippen molar-refractivity contribution in [3.63, 3.8) is 0 Å². The van der Waals surface area contributed by atoms with Crippen LogP contribution in [0.5, 0.6) is 0 Å². The summed E-state index contributed by atoms with van der Waals surface area (Å²) in [4.78, 5) is 14.4. The van der Waals surface area contributed by atoms with Gasteiger partial charge in [0.2, 0.25) is 5.91 Å². The molecule has 1 aliphatic heterocycles. The molecule has 1 fully saturated rings. The quantitative estimate of drug-likeness (QED) is 0.808. The minimum absolute atomic E-state index is 0. The minimum Gasteiger partial charge on any atom is -0.326 e. The molecule has 0 aliphatic carbocycles. The molecule has 4 nitrogen and oxygen atoms in total. The van der Waals surface area contributed by atoms with E-state index < -0.39 is 0 Å². The fourth-order valence-electron chi connectivity index (χ4n) is 2.75. The summed E-state index contributed by atoms with van der Waals surface area (Å²) < 4.78 is 13.1. The van der Waals surface area contributed by atoms with Crippen molar-refractivity contribution in [2.24, 2.45) is 0 Å². The Labute approximate surface area is 137 Å². The number of carbonyl (C=O) groups is 1. The second-order valence-corrected chi connectivity index (χ2v) is 5.49. The molecule has 0 spiro atoms. The van der Waals surface area contributed by atoms with Crippen LogP contribution in [0.15, 0.2) is 24.3 Å². The van der Waals surface area contributed by atoms with Gasteiger partial charge >= 0.3 is 0 Å². The van der Waals surface area contributed by atoms with Crippen LogP contribution in [0.3, 0.4) is 0 Å². The molecule has 0 aromatic heterocycles. The first-order chi connectivity index (χ1) is 10.2. The van der Waals surface area contributed by atoms with E-state index in [0.29, 0.717) is 18.2 Å². The van der Waals surface area contributed by atoms with Gasteiger partial charge in [-0.1, -0.05) is 13.0 Å². The highest BCUT2D eigenvalue weighted by molar-refractivity contribution is 5.90. The zero-order valence-corrected chi connectivity index (χ0v) is 13.8. The average molecular weight is 330 g/mol. The third-order valence-corrected chi connectivity index (χ3v) is 3.80. The fourth-order valence-corrected chi connectivity index (χ4v) is 2.75. The summed E-state index contributed by atoms with van der Waals surface area (Å²) in [5.41, 5.74) is 0.518. The topological polar surface area (TPSA) is 44.4 Å². The summed E-state index contributed by atoms with van der Waals surface area (Å²) in [6.45, 7) is 5.98. The Morgan fingerprint density at radius 1 is 1.45 bits per heavy atom. The van der Waals surface area contributed by atoms with Gasteiger partial charge in [0, 0.05) is 31.2 Å². The summed E-state index contributed by atoms with van der Waals surface area (Å²) in [5, 5.41) is 6.11. The Kier molecular flexibility index (Phi) is 8.38. The van der Waals surface area contributed by atoms with Crippen LogP contribution in [0.25, 0.3) is 0 Å². The molecule has 1 saturated heterocycles. The van der Waals surface area contributed by atoms with E-state index in [2.05, 4.69) is 22.5 Å². The molecule has 1 atom stereocenters. The van der Waals surface area contributed by atoms with E-state index in [1.807, 2.05) is 0 Å². The number of nitrogens with one attached hydrogen (secondary N) is 2. The monoisotopic (exact) mass is 329 g/mol. The zero-order valence-electron chi connectivity index (χ0n) is 13.0. The standard InChI is InChI=1S/C16H24FN3O.ClH/c1-2-9-20(15-6-8-18-12-15)10-7-16(21)19-14-5-3-4-13(17)11-14;/h3-5,11,15,18H,2,6-10,12H2,1H3,(H,19,21);1H. The summed E-state index contributed by atoms with van der Waals surface area (Å²) >= 11 is 0. The molecule has 1 aromatic rings. The molecular formula is C16H25ClFN3O. The maximum atomic E-state index is 13.1. The summed E-state index contributed by atoms with van der Waals surface area (Å²) in [7, 11) is 0. The Morgan fingerprint density at radius 3 is 2.91 bits per heavy atom. The second kappa shape index (κ2) is 9.77. The fraction of sp³-hybridized carbons (Fsp3) is 0.562. The summed E-state index contributed by atoms with van der Waals surface area (Å²) in [6.07, 6.45) is 2.67. The van der Waals surface area contributed by atoms with Gasteiger partial charge in [-0.15, -0.1) is 12.4 Å². The molecule has 1 amide bonds. The molecule has 2 N–H and O–H groups in total. The first kappa shape index (κ1) is 18.9. The van der Waals surface area contributed by atoms with Crippen LogP contribution in [0.4, 0.5) is 10.1 Å². The van der Waals surface area contributed by atoms with E-state index in [-0.39, 0.29) is 24.1 Å². The minimum atomic E-state index is -0.336. The Bertz CT molecular complexity index is 466. The maximum Gasteiger partial charge on any atom is 0.225 e. The van der Waals surface area contributed by atoms with Crippen LogP contribution in [-0.2, 0) is 4.79 Å².